The number of nitrogen functional groups attached to an aromatic ring is 1. The van der Waals surface area contributed by atoms with Crippen molar-refractivity contribution in [3.63, 3.8) is 0 Å². The molecule has 0 spiro atoms. The number of hydrogen-bond acceptors (Lipinski definition) is 4. The van der Waals surface area contributed by atoms with Crippen molar-refractivity contribution in [2.75, 3.05) is 17.2 Å². The first kappa shape index (κ1) is 15.1. The van der Waals surface area contributed by atoms with Crippen LogP contribution in [0.25, 0.3) is 0 Å². The molecule has 0 heterocycles. The summed E-state index contributed by atoms with van der Waals surface area (Å²) in [5.74, 6) is -0.819. The fourth-order valence-electron chi connectivity index (χ4n) is 1.24. The van der Waals surface area contributed by atoms with E-state index in [4.69, 9.17) is 5.73 Å². The third kappa shape index (κ3) is 3.78. The number of sulfone groups is 1. The zero-order chi connectivity index (χ0) is 13.9. The summed E-state index contributed by atoms with van der Waals surface area (Å²) in [5.41, 5.74) is 5.79. The van der Waals surface area contributed by atoms with E-state index in [0.29, 0.717) is 0 Å². The summed E-state index contributed by atoms with van der Waals surface area (Å²) < 4.78 is 48.0. The van der Waals surface area contributed by atoms with Crippen LogP contribution in [0.5, 0.6) is 0 Å². The molecule has 0 radical (unpaired) electrons. The minimum absolute atomic E-state index is 0.0752. The molecule has 0 aromatic heterocycles. The van der Waals surface area contributed by atoms with E-state index < -0.39 is 31.7 Å². The molecule has 2 N–H and O–H groups in total. The van der Waals surface area contributed by atoms with Crippen LogP contribution in [0, 0.1) is 5.82 Å². The normalized spacial score (nSPS) is 13.8. The van der Waals surface area contributed by atoms with Gasteiger partial charge in [0.05, 0.1) is 26.7 Å². The van der Waals surface area contributed by atoms with E-state index in [1.165, 1.54) is 12.1 Å². The number of anilines is 1. The molecule has 102 valence electrons. The molecule has 0 bridgehead atoms. The van der Waals surface area contributed by atoms with Crippen molar-refractivity contribution < 1.29 is 17.0 Å². The fourth-order valence-corrected chi connectivity index (χ4v) is 4.04. The van der Waals surface area contributed by atoms with Crippen molar-refractivity contribution >= 4 is 26.3 Å². The highest BCUT2D eigenvalue weighted by atomic mass is 32.2. The van der Waals surface area contributed by atoms with Gasteiger partial charge in [0.1, 0.15) is 5.82 Å². The highest BCUT2D eigenvalue weighted by Gasteiger charge is 2.18. The summed E-state index contributed by atoms with van der Waals surface area (Å²) in [6.07, 6.45) is 0. The molecule has 0 aliphatic heterocycles. The lowest BCUT2D eigenvalue weighted by Gasteiger charge is -2.08. The molecule has 1 atom stereocenters. The summed E-state index contributed by atoms with van der Waals surface area (Å²) in [6.45, 7) is 3.13. The molecule has 0 fully saturated rings. The monoisotopic (exact) mass is 293 g/mol. The van der Waals surface area contributed by atoms with Gasteiger partial charge in [0.25, 0.3) is 0 Å². The van der Waals surface area contributed by atoms with Crippen LogP contribution in [0.1, 0.15) is 13.8 Å². The maximum Gasteiger partial charge on any atom is 0.153 e. The van der Waals surface area contributed by atoms with E-state index in [1.807, 2.05) is 0 Å². The van der Waals surface area contributed by atoms with E-state index in [2.05, 4.69) is 0 Å². The molecule has 1 aromatic rings. The Hall–Kier alpha value is -0.950. The molecule has 4 nitrogen and oxygen atoms in total. The Morgan fingerprint density at radius 2 is 2.00 bits per heavy atom. The molecule has 18 heavy (non-hydrogen) atoms. The van der Waals surface area contributed by atoms with Crippen LogP contribution in [-0.4, -0.2) is 29.4 Å². The van der Waals surface area contributed by atoms with Gasteiger partial charge in [-0.25, -0.2) is 12.8 Å². The van der Waals surface area contributed by atoms with Crippen LogP contribution in [-0.2, 0) is 20.6 Å². The number of nitrogens with two attached hydrogens (primary N) is 1. The molecule has 1 unspecified atom stereocenters. The van der Waals surface area contributed by atoms with Crippen LogP contribution in [0.3, 0.4) is 0 Å². The van der Waals surface area contributed by atoms with Crippen molar-refractivity contribution in [3.8, 4) is 0 Å². The van der Waals surface area contributed by atoms with E-state index in [-0.39, 0.29) is 22.1 Å². The Morgan fingerprint density at radius 3 is 2.56 bits per heavy atom. The molecule has 0 amide bonds. The van der Waals surface area contributed by atoms with Crippen molar-refractivity contribution in [1.82, 2.24) is 0 Å². The first-order valence-corrected chi connectivity index (χ1v) is 8.42. The number of hydrogen-bond donors (Lipinski definition) is 1. The van der Waals surface area contributed by atoms with Crippen LogP contribution >= 0.6 is 0 Å². The molecule has 1 rings (SSSR count). The number of benzene rings is 1. The minimum Gasteiger partial charge on any atom is -0.398 e. The van der Waals surface area contributed by atoms with Gasteiger partial charge in [-0.15, -0.1) is 0 Å². The maximum atomic E-state index is 13.0. The van der Waals surface area contributed by atoms with Crippen molar-refractivity contribution in [1.29, 1.82) is 0 Å². The van der Waals surface area contributed by atoms with Gasteiger partial charge in [-0.1, -0.05) is 0 Å². The highest BCUT2D eigenvalue weighted by Crippen LogP contribution is 2.18. The van der Waals surface area contributed by atoms with Gasteiger partial charge in [-0.2, -0.15) is 0 Å². The standard InChI is InChI=1S/C11H16FNO3S2/c1-8(2)18(15,16)6-5-17(14)11-7-9(12)3-4-10(11)13/h3-4,7-8H,5-6,13H2,1-2H3. The van der Waals surface area contributed by atoms with E-state index in [9.17, 15) is 17.0 Å². The van der Waals surface area contributed by atoms with E-state index in [1.54, 1.807) is 13.8 Å². The van der Waals surface area contributed by atoms with E-state index >= 15 is 0 Å². The molecule has 0 saturated heterocycles. The maximum absolute atomic E-state index is 13.0. The third-order valence-electron chi connectivity index (χ3n) is 2.49. The molecule has 0 aliphatic carbocycles. The SMILES string of the molecule is CC(C)S(=O)(=O)CCS(=O)c1cc(F)ccc1N. The Labute approximate surface area is 109 Å². The zero-order valence-corrected chi connectivity index (χ0v) is 11.9. The molecule has 7 heteroatoms. The average Bonchev–Trinajstić information content (AvgIpc) is 2.29. The fraction of sp³-hybridized carbons (Fsp3) is 0.455. The largest absolute Gasteiger partial charge is 0.398 e. The van der Waals surface area contributed by atoms with Crippen LogP contribution in [0.15, 0.2) is 23.1 Å². The molecular formula is C11H16FNO3S2. The summed E-state index contributed by atoms with van der Waals surface area (Å²) in [7, 11) is -4.86. The van der Waals surface area contributed by atoms with Gasteiger partial charge in [0.15, 0.2) is 9.84 Å². The lowest BCUT2D eigenvalue weighted by atomic mass is 10.3. The summed E-state index contributed by atoms with van der Waals surface area (Å²) >= 11 is 0. The molecule has 0 saturated carbocycles. The second kappa shape index (κ2) is 5.79. The Bertz CT molecular complexity index is 555. The van der Waals surface area contributed by atoms with Crippen molar-refractivity contribution in [3.05, 3.63) is 24.0 Å². The summed E-state index contributed by atoms with van der Waals surface area (Å²) in [6, 6.07) is 3.56. The van der Waals surface area contributed by atoms with Crippen LogP contribution in [0.4, 0.5) is 10.1 Å². The lowest BCUT2D eigenvalue weighted by molar-refractivity contribution is 0.588. The molecule has 1 aromatic carbocycles. The van der Waals surface area contributed by atoms with Crippen molar-refractivity contribution in [2.45, 2.75) is 24.0 Å². The quantitative estimate of drug-likeness (QED) is 0.831. The molecule has 0 aliphatic rings. The van der Waals surface area contributed by atoms with Gasteiger partial charge in [0.2, 0.25) is 0 Å². The lowest BCUT2D eigenvalue weighted by Crippen LogP contribution is -2.21. The second-order valence-electron chi connectivity index (χ2n) is 4.15. The third-order valence-corrected chi connectivity index (χ3v) is 6.38. The Morgan fingerprint density at radius 1 is 1.39 bits per heavy atom. The van der Waals surface area contributed by atoms with Gasteiger partial charge in [-0.3, -0.25) is 4.21 Å². The topological polar surface area (TPSA) is 77.2 Å². The average molecular weight is 293 g/mol. The Kier molecular flexibility index (Phi) is 4.86. The minimum atomic E-state index is -3.25. The van der Waals surface area contributed by atoms with Gasteiger partial charge in [0, 0.05) is 11.4 Å². The number of rotatable bonds is 5. The first-order valence-electron chi connectivity index (χ1n) is 5.39. The number of halogens is 1. The van der Waals surface area contributed by atoms with Gasteiger partial charge < -0.3 is 5.73 Å². The zero-order valence-electron chi connectivity index (χ0n) is 10.2. The highest BCUT2D eigenvalue weighted by molar-refractivity contribution is 7.93. The predicted molar refractivity (Wildman–Crippen MR) is 71.0 cm³/mol. The first-order chi connectivity index (χ1) is 8.24. The summed E-state index contributed by atoms with van der Waals surface area (Å²) in [4.78, 5) is 0.147. The van der Waals surface area contributed by atoms with Gasteiger partial charge in [-0.05, 0) is 32.0 Å². The predicted octanol–water partition coefficient (Wildman–Crippen LogP) is 1.34. The smallest absolute Gasteiger partial charge is 0.153 e. The summed E-state index contributed by atoms with van der Waals surface area (Å²) in [5, 5.41) is -0.514. The van der Waals surface area contributed by atoms with Crippen LogP contribution < -0.4 is 5.73 Å². The Balaban J connectivity index is 2.81. The second-order valence-corrected chi connectivity index (χ2v) is 8.36. The molecular weight excluding hydrogens is 277 g/mol. The van der Waals surface area contributed by atoms with E-state index in [0.717, 1.165) is 6.07 Å². The van der Waals surface area contributed by atoms with Crippen molar-refractivity contribution in [2.24, 2.45) is 0 Å². The van der Waals surface area contributed by atoms with Crippen LogP contribution in [0.2, 0.25) is 0 Å². The van der Waals surface area contributed by atoms with Gasteiger partial charge >= 0.3 is 0 Å².